The standard InChI is InChI=1S/C22H25N3O2/c1-14-13-17(11-12-19(14)25-15(2)9-10-16(25)3)22-23-21(24-27-22)18-7-5-6-8-20(18)26-4/h5-8,11-13,15-16H,9-10H2,1-4H3. The van der Waals surface area contributed by atoms with E-state index in [1.807, 2.05) is 24.3 Å². The zero-order valence-corrected chi connectivity index (χ0v) is 16.3. The number of anilines is 1. The van der Waals surface area contributed by atoms with Crippen LogP contribution in [0.4, 0.5) is 5.69 Å². The molecule has 3 aromatic rings. The van der Waals surface area contributed by atoms with Crippen LogP contribution in [0.5, 0.6) is 5.75 Å². The van der Waals surface area contributed by atoms with Crippen LogP contribution in [0, 0.1) is 6.92 Å². The van der Waals surface area contributed by atoms with Gasteiger partial charge in [0.2, 0.25) is 5.82 Å². The number of para-hydroxylation sites is 1. The molecule has 1 aromatic heterocycles. The SMILES string of the molecule is COc1ccccc1-c1noc(-c2ccc(N3C(C)CCC3C)c(C)c2)n1. The maximum Gasteiger partial charge on any atom is 0.258 e. The van der Waals surface area contributed by atoms with Gasteiger partial charge in [0.1, 0.15) is 5.75 Å². The van der Waals surface area contributed by atoms with Crippen molar-refractivity contribution in [2.75, 3.05) is 12.0 Å². The van der Waals surface area contributed by atoms with Crippen LogP contribution in [0.2, 0.25) is 0 Å². The van der Waals surface area contributed by atoms with Gasteiger partial charge < -0.3 is 14.2 Å². The molecule has 2 heterocycles. The Morgan fingerprint density at radius 2 is 1.81 bits per heavy atom. The summed E-state index contributed by atoms with van der Waals surface area (Å²) in [7, 11) is 1.64. The second-order valence-electron chi connectivity index (χ2n) is 7.31. The van der Waals surface area contributed by atoms with Gasteiger partial charge in [0, 0.05) is 23.3 Å². The van der Waals surface area contributed by atoms with Crippen LogP contribution < -0.4 is 9.64 Å². The number of methoxy groups -OCH3 is 1. The molecule has 0 radical (unpaired) electrons. The highest BCUT2D eigenvalue weighted by atomic mass is 16.5. The van der Waals surface area contributed by atoms with Gasteiger partial charge in [-0.1, -0.05) is 17.3 Å². The zero-order valence-electron chi connectivity index (χ0n) is 16.3. The number of ether oxygens (including phenoxy) is 1. The van der Waals surface area contributed by atoms with Crippen LogP contribution in [0.25, 0.3) is 22.8 Å². The number of nitrogens with zero attached hydrogens (tertiary/aromatic N) is 3. The first-order valence-electron chi connectivity index (χ1n) is 9.45. The third-order valence-electron chi connectivity index (χ3n) is 5.45. The summed E-state index contributed by atoms with van der Waals surface area (Å²) < 4.78 is 10.9. The molecule has 140 valence electrons. The summed E-state index contributed by atoms with van der Waals surface area (Å²) in [4.78, 5) is 7.11. The highest BCUT2D eigenvalue weighted by molar-refractivity contribution is 5.68. The molecule has 0 amide bonds. The van der Waals surface area contributed by atoms with Crippen molar-refractivity contribution in [3.8, 4) is 28.6 Å². The average Bonchev–Trinajstić information content (AvgIpc) is 3.29. The van der Waals surface area contributed by atoms with E-state index < -0.39 is 0 Å². The van der Waals surface area contributed by atoms with Gasteiger partial charge >= 0.3 is 0 Å². The highest BCUT2D eigenvalue weighted by Crippen LogP contribution is 2.35. The van der Waals surface area contributed by atoms with E-state index in [4.69, 9.17) is 9.26 Å². The summed E-state index contributed by atoms with van der Waals surface area (Å²) in [5.41, 5.74) is 4.28. The molecule has 0 saturated carbocycles. The Morgan fingerprint density at radius 1 is 1.07 bits per heavy atom. The van der Waals surface area contributed by atoms with Gasteiger partial charge in [0.05, 0.1) is 12.7 Å². The van der Waals surface area contributed by atoms with Crippen LogP contribution in [0.3, 0.4) is 0 Å². The molecule has 0 spiro atoms. The summed E-state index contributed by atoms with van der Waals surface area (Å²) in [6, 6.07) is 15.2. The fourth-order valence-electron chi connectivity index (χ4n) is 4.03. The van der Waals surface area contributed by atoms with E-state index >= 15 is 0 Å². The Labute approximate surface area is 160 Å². The molecule has 2 atom stereocenters. The number of aromatic nitrogens is 2. The van der Waals surface area contributed by atoms with E-state index in [-0.39, 0.29) is 0 Å². The van der Waals surface area contributed by atoms with Gasteiger partial charge in [-0.25, -0.2) is 0 Å². The lowest BCUT2D eigenvalue weighted by molar-refractivity contribution is 0.413. The molecule has 5 heteroatoms. The normalized spacial score (nSPS) is 19.5. The third kappa shape index (κ3) is 3.18. The molecule has 1 aliphatic heterocycles. The number of rotatable bonds is 4. The number of hydrogen-bond donors (Lipinski definition) is 0. The van der Waals surface area contributed by atoms with Crippen molar-refractivity contribution in [1.29, 1.82) is 0 Å². The summed E-state index contributed by atoms with van der Waals surface area (Å²) >= 11 is 0. The fraction of sp³-hybridized carbons (Fsp3) is 0.364. The summed E-state index contributed by atoms with van der Waals surface area (Å²) in [6.07, 6.45) is 2.49. The van der Waals surface area contributed by atoms with Crippen LogP contribution in [-0.4, -0.2) is 29.3 Å². The zero-order chi connectivity index (χ0) is 19.0. The second-order valence-corrected chi connectivity index (χ2v) is 7.31. The maximum atomic E-state index is 5.54. The Morgan fingerprint density at radius 3 is 2.52 bits per heavy atom. The largest absolute Gasteiger partial charge is 0.496 e. The highest BCUT2D eigenvalue weighted by Gasteiger charge is 2.28. The average molecular weight is 363 g/mol. The maximum absolute atomic E-state index is 5.54. The molecule has 1 aliphatic rings. The van der Waals surface area contributed by atoms with Crippen LogP contribution in [0.1, 0.15) is 32.3 Å². The molecule has 0 N–H and O–H groups in total. The summed E-state index contributed by atoms with van der Waals surface area (Å²) in [6.45, 7) is 6.75. The molecule has 1 fully saturated rings. The van der Waals surface area contributed by atoms with Gasteiger partial charge in [0.15, 0.2) is 0 Å². The van der Waals surface area contributed by atoms with Crippen molar-refractivity contribution in [2.45, 2.75) is 45.7 Å². The van der Waals surface area contributed by atoms with Gasteiger partial charge in [-0.15, -0.1) is 0 Å². The van der Waals surface area contributed by atoms with E-state index in [0.717, 1.165) is 16.9 Å². The van der Waals surface area contributed by atoms with Crippen LogP contribution in [-0.2, 0) is 0 Å². The first-order valence-corrected chi connectivity index (χ1v) is 9.45. The number of aryl methyl sites for hydroxylation is 1. The lowest BCUT2D eigenvalue weighted by Crippen LogP contribution is -2.33. The smallest absolute Gasteiger partial charge is 0.258 e. The topological polar surface area (TPSA) is 51.4 Å². The molecule has 5 nitrogen and oxygen atoms in total. The Hall–Kier alpha value is -2.82. The van der Waals surface area contributed by atoms with E-state index in [1.54, 1.807) is 7.11 Å². The third-order valence-corrected chi connectivity index (χ3v) is 5.45. The minimum Gasteiger partial charge on any atom is -0.496 e. The molecule has 27 heavy (non-hydrogen) atoms. The first kappa shape index (κ1) is 17.6. The van der Waals surface area contributed by atoms with Crippen LogP contribution in [0.15, 0.2) is 47.0 Å². The number of hydrogen-bond acceptors (Lipinski definition) is 5. The van der Waals surface area contributed by atoms with Crippen molar-refractivity contribution in [3.63, 3.8) is 0 Å². The van der Waals surface area contributed by atoms with Crippen molar-refractivity contribution in [1.82, 2.24) is 10.1 Å². The lowest BCUT2D eigenvalue weighted by atomic mass is 10.1. The molecule has 4 rings (SSSR count). The minimum absolute atomic E-state index is 0.521. The Bertz CT molecular complexity index is 940. The quantitative estimate of drug-likeness (QED) is 0.646. The predicted molar refractivity (Wildman–Crippen MR) is 107 cm³/mol. The lowest BCUT2D eigenvalue weighted by Gasteiger charge is -2.30. The van der Waals surface area contributed by atoms with Gasteiger partial charge in [-0.05, 0) is 69.5 Å². The first-order chi connectivity index (χ1) is 13.1. The molecule has 0 aliphatic carbocycles. The second kappa shape index (κ2) is 7.06. The van der Waals surface area contributed by atoms with E-state index in [1.165, 1.54) is 24.1 Å². The van der Waals surface area contributed by atoms with Crippen molar-refractivity contribution < 1.29 is 9.26 Å². The van der Waals surface area contributed by atoms with Crippen molar-refractivity contribution in [3.05, 3.63) is 48.0 Å². The molecular formula is C22H25N3O2. The van der Waals surface area contributed by atoms with E-state index in [9.17, 15) is 0 Å². The van der Waals surface area contributed by atoms with Gasteiger partial charge in [0.25, 0.3) is 5.89 Å². The monoisotopic (exact) mass is 363 g/mol. The van der Waals surface area contributed by atoms with Gasteiger partial charge in [-0.3, -0.25) is 0 Å². The minimum atomic E-state index is 0.521. The van der Waals surface area contributed by atoms with Crippen molar-refractivity contribution >= 4 is 5.69 Å². The fourth-order valence-corrected chi connectivity index (χ4v) is 4.03. The van der Waals surface area contributed by atoms with Crippen molar-refractivity contribution in [2.24, 2.45) is 0 Å². The Balaban J connectivity index is 1.65. The summed E-state index contributed by atoms with van der Waals surface area (Å²) in [5, 5.41) is 4.15. The molecule has 2 unspecified atom stereocenters. The van der Waals surface area contributed by atoms with E-state index in [2.05, 4.69) is 54.0 Å². The van der Waals surface area contributed by atoms with E-state index in [0.29, 0.717) is 23.8 Å². The molecular weight excluding hydrogens is 338 g/mol. The predicted octanol–water partition coefficient (Wildman–Crippen LogP) is 5.10. The number of benzene rings is 2. The molecule has 2 aromatic carbocycles. The molecule has 0 bridgehead atoms. The summed E-state index contributed by atoms with van der Waals surface area (Å²) in [5.74, 6) is 1.78. The molecule has 1 saturated heterocycles. The Kier molecular flexibility index (Phi) is 4.60. The van der Waals surface area contributed by atoms with Gasteiger partial charge in [-0.2, -0.15) is 4.98 Å². The van der Waals surface area contributed by atoms with Crippen LogP contribution >= 0.6 is 0 Å².